The van der Waals surface area contributed by atoms with E-state index in [0.717, 1.165) is 44.5 Å². The summed E-state index contributed by atoms with van der Waals surface area (Å²) in [5.41, 5.74) is 0. The Morgan fingerprint density at radius 1 is 1.43 bits per heavy atom. The van der Waals surface area contributed by atoms with E-state index in [-0.39, 0.29) is 24.0 Å². The summed E-state index contributed by atoms with van der Waals surface area (Å²) in [6.45, 7) is 3.44. The van der Waals surface area contributed by atoms with Crippen molar-refractivity contribution >= 4 is 5.91 Å². The molecular formula is C15H21N3O3. The topological polar surface area (TPSA) is 68.5 Å². The number of amides is 1. The summed E-state index contributed by atoms with van der Waals surface area (Å²) < 4.78 is 10.9. The van der Waals surface area contributed by atoms with Crippen molar-refractivity contribution in [3.63, 3.8) is 0 Å². The summed E-state index contributed by atoms with van der Waals surface area (Å²) >= 11 is 0. The van der Waals surface area contributed by atoms with Gasteiger partial charge in [-0.25, -0.2) is 0 Å². The van der Waals surface area contributed by atoms with Gasteiger partial charge in [0, 0.05) is 19.1 Å². The molecule has 1 amide bonds. The molecule has 4 rings (SSSR count). The number of rotatable bonds is 5. The largest absolute Gasteiger partial charge is 0.378 e. The zero-order valence-electron chi connectivity index (χ0n) is 12.3. The summed E-state index contributed by atoms with van der Waals surface area (Å²) in [5, 5.41) is 4.12. The predicted octanol–water partition coefficient (Wildman–Crippen LogP) is 2.04. The van der Waals surface area contributed by atoms with Crippen molar-refractivity contribution < 1.29 is 14.1 Å². The molecule has 0 spiro atoms. The van der Waals surface area contributed by atoms with Gasteiger partial charge in [-0.2, -0.15) is 4.98 Å². The number of ether oxygens (including phenoxy) is 1. The maximum atomic E-state index is 12.6. The number of carbonyl (C=O) groups excluding carboxylic acids is 1. The lowest BCUT2D eigenvalue weighted by Crippen LogP contribution is -2.33. The first-order chi connectivity index (χ1) is 10.3. The summed E-state index contributed by atoms with van der Waals surface area (Å²) in [4.78, 5) is 19.0. The minimum Gasteiger partial charge on any atom is -0.378 e. The van der Waals surface area contributed by atoms with Crippen molar-refractivity contribution in [1.82, 2.24) is 15.0 Å². The third-order valence-corrected chi connectivity index (χ3v) is 4.65. The number of hydrogen-bond acceptors (Lipinski definition) is 5. The van der Waals surface area contributed by atoms with Crippen LogP contribution in [0.25, 0.3) is 0 Å². The quantitative estimate of drug-likeness (QED) is 0.830. The smallest absolute Gasteiger partial charge is 0.229 e. The van der Waals surface area contributed by atoms with Gasteiger partial charge in [0.1, 0.15) is 0 Å². The molecule has 1 aromatic rings. The van der Waals surface area contributed by atoms with Crippen LogP contribution in [-0.4, -0.2) is 40.2 Å². The number of nitrogens with zero attached hydrogens (tertiary/aromatic N) is 3. The predicted molar refractivity (Wildman–Crippen MR) is 73.5 cm³/mol. The first-order valence-electron chi connectivity index (χ1n) is 8.03. The molecule has 3 aliphatic rings. The maximum Gasteiger partial charge on any atom is 0.229 e. The molecule has 2 aliphatic carbocycles. The molecule has 0 unspecified atom stereocenters. The Morgan fingerprint density at radius 3 is 3.05 bits per heavy atom. The molecule has 0 radical (unpaired) electrons. The third-order valence-electron chi connectivity index (χ3n) is 4.65. The van der Waals surface area contributed by atoms with Crippen molar-refractivity contribution in [3.8, 4) is 0 Å². The molecule has 6 heteroatoms. The second-order valence-electron chi connectivity index (χ2n) is 6.29. The normalized spacial score (nSPS) is 31.7. The zero-order valence-corrected chi connectivity index (χ0v) is 12.3. The highest BCUT2D eigenvalue weighted by Crippen LogP contribution is 2.42. The fourth-order valence-corrected chi connectivity index (χ4v) is 3.22. The summed E-state index contributed by atoms with van der Waals surface area (Å²) in [7, 11) is 0. The van der Waals surface area contributed by atoms with E-state index in [0.29, 0.717) is 18.3 Å². The van der Waals surface area contributed by atoms with Crippen molar-refractivity contribution in [3.05, 3.63) is 11.7 Å². The van der Waals surface area contributed by atoms with E-state index in [1.165, 1.54) is 0 Å². The first kappa shape index (κ1) is 13.2. The van der Waals surface area contributed by atoms with Crippen LogP contribution in [0, 0.1) is 5.92 Å². The lowest BCUT2D eigenvalue weighted by molar-refractivity contribution is -0.134. The van der Waals surface area contributed by atoms with Crippen molar-refractivity contribution in [2.75, 3.05) is 13.2 Å². The Hall–Kier alpha value is -1.43. The van der Waals surface area contributed by atoms with E-state index in [1.54, 1.807) is 0 Å². The Morgan fingerprint density at radius 2 is 2.29 bits per heavy atom. The average Bonchev–Trinajstić information content (AvgIpc) is 3.36. The highest BCUT2D eigenvalue weighted by molar-refractivity contribution is 5.82. The Bertz CT molecular complexity index is 540. The van der Waals surface area contributed by atoms with Crippen LogP contribution in [0.5, 0.6) is 0 Å². The molecular weight excluding hydrogens is 270 g/mol. The monoisotopic (exact) mass is 291 g/mol. The Kier molecular flexibility index (Phi) is 3.21. The highest BCUT2D eigenvalue weighted by Gasteiger charge is 2.48. The number of carbonyl (C=O) groups is 1. The molecule has 1 aromatic heterocycles. The van der Waals surface area contributed by atoms with Crippen LogP contribution in [0.15, 0.2) is 4.52 Å². The van der Waals surface area contributed by atoms with Gasteiger partial charge in [0.2, 0.25) is 11.8 Å². The fourth-order valence-electron chi connectivity index (χ4n) is 3.22. The number of aromatic nitrogens is 2. The molecule has 0 bridgehead atoms. The zero-order chi connectivity index (χ0) is 14.4. The van der Waals surface area contributed by atoms with E-state index in [2.05, 4.69) is 10.1 Å². The molecule has 21 heavy (non-hydrogen) atoms. The van der Waals surface area contributed by atoms with Crippen LogP contribution in [0.2, 0.25) is 0 Å². The van der Waals surface area contributed by atoms with Crippen LogP contribution in [0.3, 0.4) is 0 Å². The molecule has 6 nitrogen and oxygen atoms in total. The molecule has 3 atom stereocenters. The standard InChI is InChI=1S/C15H21N3O3/c1-2-20-12-8-10(12)15(19)18-7-3-4-11(18)13-16-14(21-17-13)9-5-6-9/h9-12H,2-8H2,1H3/t10-,11+,12-/m1/s1. The van der Waals surface area contributed by atoms with Crippen LogP contribution >= 0.6 is 0 Å². The van der Waals surface area contributed by atoms with Crippen molar-refractivity contribution in [1.29, 1.82) is 0 Å². The van der Waals surface area contributed by atoms with Gasteiger partial charge in [-0.1, -0.05) is 5.16 Å². The van der Waals surface area contributed by atoms with Gasteiger partial charge < -0.3 is 14.2 Å². The lowest BCUT2D eigenvalue weighted by Gasteiger charge is -2.22. The lowest BCUT2D eigenvalue weighted by atomic mass is 10.2. The van der Waals surface area contributed by atoms with Gasteiger partial charge >= 0.3 is 0 Å². The van der Waals surface area contributed by atoms with Gasteiger partial charge in [0.15, 0.2) is 5.82 Å². The van der Waals surface area contributed by atoms with Gasteiger partial charge in [0.05, 0.1) is 18.1 Å². The van der Waals surface area contributed by atoms with Crippen LogP contribution in [-0.2, 0) is 9.53 Å². The number of likely N-dealkylation sites (tertiary alicyclic amines) is 1. The van der Waals surface area contributed by atoms with Crippen LogP contribution < -0.4 is 0 Å². The van der Waals surface area contributed by atoms with E-state index in [1.807, 2.05) is 11.8 Å². The van der Waals surface area contributed by atoms with Gasteiger partial charge in [-0.15, -0.1) is 0 Å². The molecule has 2 saturated carbocycles. The Balaban J connectivity index is 1.45. The third kappa shape index (κ3) is 2.46. The second kappa shape index (κ2) is 5.09. The Labute approximate surface area is 123 Å². The van der Waals surface area contributed by atoms with Crippen molar-refractivity contribution in [2.24, 2.45) is 5.92 Å². The van der Waals surface area contributed by atoms with Gasteiger partial charge in [-0.3, -0.25) is 4.79 Å². The molecule has 2 heterocycles. The SMILES string of the molecule is CCO[C@@H]1C[C@H]1C(=O)N1CCC[C@H]1c1noc(C2CC2)n1. The van der Waals surface area contributed by atoms with Crippen molar-refractivity contribution in [2.45, 2.75) is 57.1 Å². The average molecular weight is 291 g/mol. The highest BCUT2D eigenvalue weighted by atomic mass is 16.5. The van der Waals surface area contributed by atoms with Gasteiger partial charge in [0.25, 0.3) is 0 Å². The molecule has 1 aliphatic heterocycles. The minimum absolute atomic E-state index is 0.00312. The summed E-state index contributed by atoms with van der Waals surface area (Å²) in [6, 6.07) is -0.00312. The van der Waals surface area contributed by atoms with E-state index in [9.17, 15) is 4.79 Å². The summed E-state index contributed by atoms with van der Waals surface area (Å²) in [6.07, 6.45) is 5.21. The molecule has 1 saturated heterocycles. The molecule has 114 valence electrons. The minimum atomic E-state index is -0.00312. The molecule has 3 fully saturated rings. The van der Waals surface area contributed by atoms with Gasteiger partial charge in [-0.05, 0) is 39.0 Å². The van der Waals surface area contributed by atoms with E-state index in [4.69, 9.17) is 9.26 Å². The first-order valence-corrected chi connectivity index (χ1v) is 8.03. The van der Waals surface area contributed by atoms with E-state index < -0.39 is 0 Å². The summed E-state index contributed by atoms with van der Waals surface area (Å²) in [5.74, 6) is 2.15. The van der Waals surface area contributed by atoms with E-state index >= 15 is 0 Å². The molecule has 0 aromatic carbocycles. The molecule has 0 N–H and O–H groups in total. The van der Waals surface area contributed by atoms with Crippen LogP contribution in [0.1, 0.15) is 62.7 Å². The second-order valence-corrected chi connectivity index (χ2v) is 6.29. The fraction of sp³-hybridized carbons (Fsp3) is 0.800. The number of hydrogen-bond donors (Lipinski definition) is 0. The van der Waals surface area contributed by atoms with Crippen LogP contribution in [0.4, 0.5) is 0 Å². The maximum absolute atomic E-state index is 12.6.